The van der Waals surface area contributed by atoms with Gasteiger partial charge < -0.3 is 5.32 Å². The number of nitrogens with one attached hydrogen (secondary N) is 1. The van der Waals surface area contributed by atoms with Crippen LogP contribution in [0.1, 0.15) is 17.8 Å². The molecular weight excluding hydrogens is 288 g/mol. The standard InChI is InChI=1S/C15H18N2OS2/c18-14(10-19-9-11-5-6-11)16-8-7-15-17-12-3-1-2-4-13(12)20-15/h1-4,11H,5-10H2,(H,16,18). The van der Waals surface area contributed by atoms with E-state index in [1.54, 1.807) is 23.1 Å². The van der Waals surface area contributed by atoms with E-state index in [9.17, 15) is 4.79 Å². The molecule has 0 atom stereocenters. The molecule has 0 aliphatic heterocycles. The molecule has 0 spiro atoms. The van der Waals surface area contributed by atoms with Gasteiger partial charge in [-0.2, -0.15) is 11.8 Å². The van der Waals surface area contributed by atoms with Gasteiger partial charge in [0.2, 0.25) is 5.91 Å². The first-order valence-electron chi connectivity index (χ1n) is 7.00. The molecule has 1 aromatic heterocycles. The van der Waals surface area contributed by atoms with E-state index in [2.05, 4.69) is 16.4 Å². The summed E-state index contributed by atoms with van der Waals surface area (Å²) in [6.07, 6.45) is 3.52. The number of benzene rings is 1. The van der Waals surface area contributed by atoms with Gasteiger partial charge in [-0.05, 0) is 36.6 Å². The van der Waals surface area contributed by atoms with E-state index in [4.69, 9.17) is 0 Å². The van der Waals surface area contributed by atoms with Crippen molar-refractivity contribution in [3.63, 3.8) is 0 Å². The average Bonchev–Trinajstić information content (AvgIpc) is 3.17. The summed E-state index contributed by atoms with van der Waals surface area (Å²) in [5.74, 6) is 2.77. The van der Waals surface area contributed by atoms with Gasteiger partial charge in [0.25, 0.3) is 0 Å². The van der Waals surface area contributed by atoms with Crippen LogP contribution in [0, 0.1) is 5.92 Å². The number of fused-ring (bicyclic) bond motifs is 1. The Bertz CT molecular complexity index is 559. The number of nitrogens with zero attached hydrogens (tertiary/aromatic N) is 1. The van der Waals surface area contributed by atoms with E-state index < -0.39 is 0 Å². The third-order valence-corrected chi connectivity index (χ3v) is 5.55. The average molecular weight is 306 g/mol. The van der Waals surface area contributed by atoms with Crippen LogP contribution >= 0.6 is 23.1 Å². The Balaban J connectivity index is 1.38. The lowest BCUT2D eigenvalue weighted by Gasteiger charge is -2.03. The summed E-state index contributed by atoms with van der Waals surface area (Å²) in [6, 6.07) is 8.15. The molecule has 1 saturated carbocycles. The lowest BCUT2D eigenvalue weighted by Crippen LogP contribution is -2.27. The minimum atomic E-state index is 0.150. The van der Waals surface area contributed by atoms with Crippen LogP contribution in [0.5, 0.6) is 0 Å². The molecule has 1 aliphatic carbocycles. The Kier molecular flexibility index (Phi) is 4.58. The number of thiazole rings is 1. The molecule has 106 valence electrons. The number of hydrogen-bond donors (Lipinski definition) is 1. The van der Waals surface area contributed by atoms with Crippen LogP contribution in [0.3, 0.4) is 0 Å². The van der Waals surface area contributed by atoms with Gasteiger partial charge in [-0.25, -0.2) is 4.98 Å². The smallest absolute Gasteiger partial charge is 0.230 e. The van der Waals surface area contributed by atoms with Crippen molar-refractivity contribution in [2.24, 2.45) is 5.92 Å². The molecular formula is C15H18N2OS2. The fraction of sp³-hybridized carbons (Fsp3) is 0.467. The highest BCUT2D eigenvalue weighted by molar-refractivity contribution is 7.99. The minimum absolute atomic E-state index is 0.150. The van der Waals surface area contributed by atoms with Gasteiger partial charge in [0.15, 0.2) is 0 Å². The topological polar surface area (TPSA) is 42.0 Å². The highest BCUT2D eigenvalue weighted by Crippen LogP contribution is 2.32. The largest absolute Gasteiger partial charge is 0.355 e. The summed E-state index contributed by atoms with van der Waals surface area (Å²) in [6.45, 7) is 0.683. The summed E-state index contributed by atoms with van der Waals surface area (Å²) in [7, 11) is 0. The maximum absolute atomic E-state index is 11.7. The molecule has 0 saturated heterocycles. The first-order valence-corrected chi connectivity index (χ1v) is 8.97. The maximum Gasteiger partial charge on any atom is 0.230 e. The fourth-order valence-electron chi connectivity index (χ4n) is 1.99. The Morgan fingerprint density at radius 1 is 1.40 bits per heavy atom. The van der Waals surface area contributed by atoms with Crippen LogP contribution in [0.4, 0.5) is 0 Å². The molecule has 3 nitrogen and oxygen atoms in total. The Labute approximate surface area is 127 Å². The zero-order valence-electron chi connectivity index (χ0n) is 11.3. The Hall–Kier alpha value is -1.07. The molecule has 0 bridgehead atoms. The minimum Gasteiger partial charge on any atom is -0.355 e. The van der Waals surface area contributed by atoms with Crippen molar-refractivity contribution in [2.45, 2.75) is 19.3 Å². The molecule has 1 aromatic carbocycles. The van der Waals surface area contributed by atoms with Crippen LogP contribution in [-0.4, -0.2) is 28.9 Å². The van der Waals surface area contributed by atoms with E-state index in [-0.39, 0.29) is 5.91 Å². The summed E-state index contributed by atoms with van der Waals surface area (Å²) in [4.78, 5) is 16.2. The van der Waals surface area contributed by atoms with E-state index in [0.717, 1.165) is 28.6 Å². The molecule has 1 fully saturated rings. The monoisotopic (exact) mass is 306 g/mol. The third kappa shape index (κ3) is 3.96. The lowest BCUT2D eigenvalue weighted by atomic mass is 10.3. The molecule has 3 rings (SSSR count). The predicted octanol–water partition coefficient (Wildman–Crippen LogP) is 3.10. The second kappa shape index (κ2) is 6.59. The third-order valence-electron chi connectivity index (χ3n) is 3.28. The van der Waals surface area contributed by atoms with Crippen molar-refractivity contribution in [1.29, 1.82) is 0 Å². The number of hydrogen-bond acceptors (Lipinski definition) is 4. The quantitative estimate of drug-likeness (QED) is 0.854. The van der Waals surface area contributed by atoms with Gasteiger partial charge in [-0.1, -0.05) is 12.1 Å². The summed E-state index contributed by atoms with van der Waals surface area (Å²) in [5.41, 5.74) is 1.05. The van der Waals surface area contributed by atoms with Gasteiger partial charge in [0.05, 0.1) is 21.0 Å². The lowest BCUT2D eigenvalue weighted by molar-refractivity contribution is -0.118. The van der Waals surface area contributed by atoms with Crippen LogP contribution in [-0.2, 0) is 11.2 Å². The molecule has 1 N–H and O–H groups in total. The Morgan fingerprint density at radius 2 is 2.25 bits per heavy atom. The van der Waals surface area contributed by atoms with Crippen molar-refractivity contribution < 1.29 is 4.79 Å². The first-order chi connectivity index (χ1) is 9.81. The Morgan fingerprint density at radius 3 is 3.05 bits per heavy atom. The summed E-state index contributed by atoms with van der Waals surface area (Å²) < 4.78 is 1.22. The molecule has 2 aromatic rings. The van der Waals surface area contributed by atoms with E-state index in [1.165, 1.54) is 17.5 Å². The SMILES string of the molecule is O=C(CSCC1CC1)NCCc1nc2ccccc2s1. The fourth-order valence-corrected chi connectivity index (χ4v) is 4.03. The van der Waals surface area contributed by atoms with Crippen molar-refractivity contribution in [1.82, 2.24) is 10.3 Å². The second-order valence-electron chi connectivity index (χ2n) is 5.13. The zero-order valence-corrected chi connectivity index (χ0v) is 12.9. The molecule has 0 radical (unpaired) electrons. The van der Waals surface area contributed by atoms with Gasteiger partial charge in [0.1, 0.15) is 0 Å². The molecule has 1 heterocycles. The first kappa shape index (κ1) is 13.9. The van der Waals surface area contributed by atoms with Crippen molar-refractivity contribution in [3.05, 3.63) is 29.3 Å². The molecule has 20 heavy (non-hydrogen) atoms. The van der Waals surface area contributed by atoms with E-state index in [0.29, 0.717) is 12.3 Å². The van der Waals surface area contributed by atoms with Gasteiger partial charge in [-0.15, -0.1) is 11.3 Å². The van der Waals surface area contributed by atoms with Gasteiger partial charge in [0, 0.05) is 13.0 Å². The highest BCUT2D eigenvalue weighted by atomic mass is 32.2. The van der Waals surface area contributed by atoms with Crippen molar-refractivity contribution in [3.8, 4) is 0 Å². The molecule has 0 unspecified atom stereocenters. The van der Waals surface area contributed by atoms with Crippen LogP contribution in [0.25, 0.3) is 10.2 Å². The molecule has 1 amide bonds. The maximum atomic E-state index is 11.7. The van der Waals surface area contributed by atoms with Crippen molar-refractivity contribution in [2.75, 3.05) is 18.1 Å². The number of carbonyl (C=O) groups excluding carboxylic acids is 1. The predicted molar refractivity (Wildman–Crippen MR) is 86.4 cm³/mol. The number of rotatable bonds is 7. The number of aromatic nitrogens is 1. The number of thioether (sulfide) groups is 1. The summed E-state index contributed by atoms with van der Waals surface area (Å²) in [5, 5.41) is 4.07. The van der Waals surface area contributed by atoms with Crippen molar-refractivity contribution >= 4 is 39.2 Å². The summed E-state index contributed by atoms with van der Waals surface area (Å²) >= 11 is 3.47. The van der Waals surface area contributed by atoms with E-state index in [1.807, 2.05) is 18.2 Å². The normalized spacial score (nSPS) is 14.6. The zero-order chi connectivity index (χ0) is 13.8. The molecule has 1 aliphatic rings. The van der Waals surface area contributed by atoms with Crippen LogP contribution < -0.4 is 5.32 Å². The second-order valence-corrected chi connectivity index (χ2v) is 7.28. The van der Waals surface area contributed by atoms with Gasteiger partial charge in [-0.3, -0.25) is 4.79 Å². The number of carbonyl (C=O) groups is 1. The number of para-hydroxylation sites is 1. The highest BCUT2D eigenvalue weighted by Gasteiger charge is 2.21. The number of amides is 1. The molecule has 5 heteroatoms. The van der Waals surface area contributed by atoms with Crippen LogP contribution in [0.15, 0.2) is 24.3 Å². The van der Waals surface area contributed by atoms with E-state index >= 15 is 0 Å². The van der Waals surface area contributed by atoms with Gasteiger partial charge >= 0.3 is 0 Å². The van der Waals surface area contributed by atoms with Crippen LogP contribution in [0.2, 0.25) is 0 Å².